The first-order valence-corrected chi connectivity index (χ1v) is 6.35. The van der Waals surface area contributed by atoms with Crippen LogP contribution in [-0.4, -0.2) is 17.4 Å². The van der Waals surface area contributed by atoms with Crippen molar-refractivity contribution in [1.29, 1.82) is 0 Å². The van der Waals surface area contributed by atoms with E-state index >= 15 is 0 Å². The summed E-state index contributed by atoms with van der Waals surface area (Å²) in [5.41, 5.74) is 1.87. The zero-order chi connectivity index (χ0) is 13.1. The molecular weight excluding hydrogens is 242 g/mol. The number of nitrogens with zero attached hydrogens (tertiary/aromatic N) is 2. The molecule has 0 atom stereocenters. The van der Waals surface area contributed by atoms with E-state index in [4.69, 9.17) is 4.42 Å². The summed E-state index contributed by atoms with van der Waals surface area (Å²) >= 11 is 0. The molecule has 0 saturated carbocycles. The fourth-order valence-corrected chi connectivity index (χ4v) is 2.27. The van der Waals surface area contributed by atoms with Gasteiger partial charge in [-0.1, -0.05) is 12.1 Å². The Morgan fingerprint density at radius 3 is 3.00 bits per heavy atom. The van der Waals surface area contributed by atoms with Gasteiger partial charge in [-0.25, -0.2) is 4.98 Å². The van der Waals surface area contributed by atoms with Crippen LogP contribution < -0.4 is 10.2 Å². The van der Waals surface area contributed by atoms with Crippen LogP contribution >= 0.6 is 0 Å². The fourth-order valence-electron chi connectivity index (χ4n) is 2.27. The van der Waals surface area contributed by atoms with Crippen LogP contribution in [0.25, 0.3) is 0 Å². The van der Waals surface area contributed by atoms with Gasteiger partial charge in [0.05, 0.1) is 24.1 Å². The Bertz CT molecular complexity index is 566. The van der Waals surface area contributed by atoms with E-state index in [-0.39, 0.29) is 5.91 Å². The molecule has 1 amide bonds. The Balaban J connectivity index is 1.79. The van der Waals surface area contributed by atoms with E-state index in [1.165, 1.54) is 6.39 Å². The Hall–Kier alpha value is -2.30. The van der Waals surface area contributed by atoms with E-state index in [1.54, 1.807) is 6.20 Å². The van der Waals surface area contributed by atoms with Gasteiger partial charge in [0.1, 0.15) is 5.76 Å². The topological polar surface area (TPSA) is 58.4 Å². The second-order valence-electron chi connectivity index (χ2n) is 4.49. The lowest BCUT2D eigenvalue weighted by molar-refractivity contribution is -0.117. The fraction of sp³-hybridized carbons (Fsp3) is 0.286. The molecule has 1 aliphatic heterocycles. The van der Waals surface area contributed by atoms with Gasteiger partial charge in [-0.15, -0.1) is 0 Å². The van der Waals surface area contributed by atoms with Crippen molar-refractivity contribution in [1.82, 2.24) is 4.98 Å². The zero-order valence-electron chi connectivity index (χ0n) is 10.5. The minimum atomic E-state index is 0.189. The molecule has 98 valence electrons. The monoisotopic (exact) mass is 257 g/mol. The van der Waals surface area contributed by atoms with Gasteiger partial charge in [0.15, 0.2) is 6.39 Å². The molecule has 1 fully saturated rings. The number of carbonyl (C=O) groups is 1. The minimum Gasteiger partial charge on any atom is -0.447 e. The summed E-state index contributed by atoms with van der Waals surface area (Å²) < 4.78 is 5.19. The first-order valence-electron chi connectivity index (χ1n) is 6.35. The van der Waals surface area contributed by atoms with Gasteiger partial charge in [0.25, 0.3) is 0 Å². The molecule has 1 aliphatic rings. The summed E-state index contributed by atoms with van der Waals surface area (Å²) in [6.07, 6.45) is 4.65. The van der Waals surface area contributed by atoms with Crippen LogP contribution in [0.1, 0.15) is 18.6 Å². The third-order valence-electron chi connectivity index (χ3n) is 3.20. The Kier molecular flexibility index (Phi) is 3.18. The summed E-state index contributed by atoms with van der Waals surface area (Å²) in [7, 11) is 0. The number of hydrogen-bond acceptors (Lipinski definition) is 4. The SMILES string of the molecule is O=C1CCCN1c1ccccc1NCc1cnco1. The van der Waals surface area contributed by atoms with E-state index in [0.29, 0.717) is 13.0 Å². The smallest absolute Gasteiger partial charge is 0.227 e. The molecule has 5 nitrogen and oxygen atoms in total. The number of benzene rings is 1. The molecule has 1 saturated heterocycles. The Morgan fingerprint density at radius 2 is 2.26 bits per heavy atom. The number of nitrogens with one attached hydrogen (secondary N) is 1. The minimum absolute atomic E-state index is 0.189. The van der Waals surface area contributed by atoms with Crippen LogP contribution in [-0.2, 0) is 11.3 Å². The van der Waals surface area contributed by atoms with Gasteiger partial charge in [-0.3, -0.25) is 4.79 Å². The summed E-state index contributed by atoms with van der Waals surface area (Å²) in [5.74, 6) is 0.955. The third-order valence-corrected chi connectivity index (χ3v) is 3.20. The van der Waals surface area contributed by atoms with Crippen molar-refractivity contribution in [3.05, 3.63) is 42.6 Å². The van der Waals surface area contributed by atoms with E-state index in [9.17, 15) is 4.79 Å². The number of hydrogen-bond donors (Lipinski definition) is 1. The first kappa shape index (κ1) is 11.8. The number of rotatable bonds is 4. The predicted molar refractivity (Wildman–Crippen MR) is 71.9 cm³/mol. The maximum Gasteiger partial charge on any atom is 0.227 e. The van der Waals surface area contributed by atoms with E-state index in [1.807, 2.05) is 29.2 Å². The van der Waals surface area contributed by atoms with E-state index in [0.717, 1.165) is 30.1 Å². The Labute approximate surface area is 111 Å². The van der Waals surface area contributed by atoms with Gasteiger partial charge in [-0.2, -0.15) is 0 Å². The molecule has 3 rings (SSSR count). The van der Waals surface area contributed by atoms with Crippen molar-refractivity contribution in [2.75, 3.05) is 16.8 Å². The average molecular weight is 257 g/mol. The average Bonchev–Trinajstić information content (AvgIpc) is 3.08. The van der Waals surface area contributed by atoms with E-state index in [2.05, 4.69) is 10.3 Å². The first-order chi connectivity index (χ1) is 9.34. The molecule has 19 heavy (non-hydrogen) atoms. The molecule has 0 aliphatic carbocycles. The molecule has 0 spiro atoms. The molecule has 1 aromatic heterocycles. The van der Waals surface area contributed by atoms with Crippen LogP contribution in [0.3, 0.4) is 0 Å². The van der Waals surface area contributed by atoms with Crippen molar-refractivity contribution in [3.8, 4) is 0 Å². The molecule has 0 radical (unpaired) electrons. The predicted octanol–water partition coefficient (Wildman–Crippen LogP) is 2.41. The van der Waals surface area contributed by atoms with Crippen LogP contribution in [0.4, 0.5) is 11.4 Å². The van der Waals surface area contributed by atoms with Crippen molar-refractivity contribution in [2.45, 2.75) is 19.4 Å². The Morgan fingerprint density at radius 1 is 1.37 bits per heavy atom. The highest BCUT2D eigenvalue weighted by Crippen LogP contribution is 2.29. The van der Waals surface area contributed by atoms with Crippen molar-refractivity contribution in [3.63, 3.8) is 0 Å². The summed E-state index contributed by atoms with van der Waals surface area (Å²) in [6.45, 7) is 1.35. The second-order valence-corrected chi connectivity index (χ2v) is 4.49. The number of aromatic nitrogens is 1. The normalized spacial score (nSPS) is 14.9. The number of anilines is 2. The van der Waals surface area contributed by atoms with Gasteiger partial charge in [-0.05, 0) is 18.6 Å². The molecule has 2 aromatic rings. The van der Waals surface area contributed by atoms with Gasteiger partial charge >= 0.3 is 0 Å². The second kappa shape index (κ2) is 5.14. The van der Waals surface area contributed by atoms with Gasteiger partial charge in [0.2, 0.25) is 5.91 Å². The highest BCUT2D eigenvalue weighted by molar-refractivity contribution is 5.98. The van der Waals surface area contributed by atoms with Gasteiger partial charge < -0.3 is 14.6 Å². The largest absolute Gasteiger partial charge is 0.447 e. The molecule has 5 heteroatoms. The lowest BCUT2D eigenvalue weighted by Gasteiger charge is -2.20. The number of carbonyl (C=O) groups excluding carboxylic acids is 1. The maximum atomic E-state index is 11.8. The molecule has 0 unspecified atom stereocenters. The standard InChI is InChI=1S/C14H15N3O2/c18-14-6-3-7-17(14)13-5-2-1-4-12(13)16-9-11-8-15-10-19-11/h1-2,4-5,8,10,16H,3,6-7,9H2. The van der Waals surface area contributed by atoms with Crippen molar-refractivity contribution >= 4 is 17.3 Å². The van der Waals surface area contributed by atoms with E-state index < -0.39 is 0 Å². The highest BCUT2D eigenvalue weighted by atomic mass is 16.3. The molecular formula is C14H15N3O2. The molecule has 2 heterocycles. The van der Waals surface area contributed by atoms with Crippen molar-refractivity contribution in [2.24, 2.45) is 0 Å². The van der Waals surface area contributed by atoms with Crippen LogP contribution in [0, 0.1) is 0 Å². The summed E-state index contributed by atoms with van der Waals surface area (Å²) in [5, 5.41) is 3.29. The van der Waals surface area contributed by atoms with Crippen LogP contribution in [0.15, 0.2) is 41.3 Å². The number of amides is 1. The lowest BCUT2D eigenvalue weighted by Crippen LogP contribution is -2.24. The molecule has 1 aromatic carbocycles. The summed E-state index contributed by atoms with van der Waals surface area (Å²) in [4.78, 5) is 17.5. The molecule has 1 N–H and O–H groups in total. The highest BCUT2D eigenvalue weighted by Gasteiger charge is 2.23. The number of oxazole rings is 1. The number of para-hydroxylation sites is 2. The lowest BCUT2D eigenvalue weighted by atomic mass is 10.2. The third kappa shape index (κ3) is 2.45. The zero-order valence-corrected chi connectivity index (χ0v) is 10.5. The quantitative estimate of drug-likeness (QED) is 0.913. The maximum absolute atomic E-state index is 11.8. The van der Waals surface area contributed by atoms with Gasteiger partial charge in [0, 0.05) is 13.0 Å². The molecule has 0 bridgehead atoms. The van der Waals surface area contributed by atoms with Crippen LogP contribution in [0.2, 0.25) is 0 Å². The van der Waals surface area contributed by atoms with Crippen LogP contribution in [0.5, 0.6) is 0 Å². The van der Waals surface area contributed by atoms with Crippen molar-refractivity contribution < 1.29 is 9.21 Å². The summed E-state index contributed by atoms with van der Waals surface area (Å²) in [6, 6.07) is 7.83.